The first-order valence-electron chi connectivity index (χ1n) is 7.12. The molecule has 2 saturated carbocycles. The third-order valence-electron chi connectivity index (χ3n) is 4.46. The molecule has 2 aliphatic carbocycles. The van der Waals surface area contributed by atoms with E-state index in [0.717, 1.165) is 25.2 Å². The van der Waals surface area contributed by atoms with Gasteiger partial charge in [-0.25, -0.2) is 0 Å². The van der Waals surface area contributed by atoms with Gasteiger partial charge in [0.25, 0.3) is 0 Å². The Labute approximate surface area is 104 Å². The van der Waals surface area contributed by atoms with Gasteiger partial charge in [-0.2, -0.15) is 0 Å². The molecule has 0 aromatic rings. The van der Waals surface area contributed by atoms with Gasteiger partial charge >= 0.3 is 0 Å². The van der Waals surface area contributed by atoms with Gasteiger partial charge in [-0.05, 0) is 25.2 Å². The molecule has 0 radical (unpaired) electrons. The van der Waals surface area contributed by atoms with Gasteiger partial charge in [0.2, 0.25) is 5.91 Å². The molecule has 3 nitrogen and oxygen atoms in total. The smallest absolute Gasteiger partial charge is 0.220 e. The summed E-state index contributed by atoms with van der Waals surface area (Å²) in [5.74, 6) is 0.956. The molecule has 0 spiro atoms. The van der Waals surface area contributed by atoms with Crippen molar-refractivity contribution >= 4 is 5.91 Å². The minimum absolute atomic E-state index is 0.0422. The van der Waals surface area contributed by atoms with E-state index in [4.69, 9.17) is 5.11 Å². The summed E-state index contributed by atoms with van der Waals surface area (Å²) in [4.78, 5) is 11.7. The molecule has 17 heavy (non-hydrogen) atoms. The first kappa shape index (κ1) is 12.9. The molecule has 2 aliphatic rings. The summed E-state index contributed by atoms with van der Waals surface area (Å²) in [7, 11) is 0. The molecule has 0 unspecified atom stereocenters. The first-order chi connectivity index (χ1) is 8.24. The van der Waals surface area contributed by atoms with E-state index < -0.39 is 0 Å². The lowest BCUT2D eigenvalue weighted by Crippen LogP contribution is -2.32. The van der Waals surface area contributed by atoms with Crippen LogP contribution in [0.5, 0.6) is 0 Å². The average molecular weight is 239 g/mol. The highest BCUT2D eigenvalue weighted by Crippen LogP contribution is 2.44. The fourth-order valence-electron chi connectivity index (χ4n) is 2.75. The number of hydrogen-bond acceptors (Lipinski definition) is 2. The van der Waals surface area contributed by atoms with Crippen molar-refractivity contribution in [2.24, 2.45) is 11.3 Å². The summed E-state index contributed by atoms with van der Waals surface area (Å²) in [5, 5.41) is 12.1. The van der Waals surface area contributed by atoms with Crippen molar-refractivity contribution in [2.45, 2.75) is 57.8 Å². The van der Waals surface area contributed by atoms with Gasteiger partial charge in [0.1, 0.15) is 0 Å². The third-order valence-corrected chi connectivity index (χ3v) is 4.46. The standard InChI is InChI=1S/C14H25NO2/c16-11-14(8-9-14)10-15-13(17)7-6-12-4-2-1-3-5-12/h12,16H,1-11H2,(H,15,17). The van der Waals surface area contributed by atoms with Crippen molar-refractivity contribution in [3.8, 4) is 0 Å². The molecule has 2 fully saturated rings. The Hall–Kier alpha value is -0.570. The highest BCUT2D eigenvalue weighted by molar-refractivity contribution is 5.75. The van der Waals surface area contributed by atoms with Crippen LogP contribution >= 0.6 is 0 Å². The molecule has 1 amide bonds. The van der Waals surface area contributed by atoms with Crippen molar-refractivity contribution in [1.29, 1.82) is 0 Å². The molecule has 3 heteroatoms. The Bertz CT molecular complexity index is 255. The maximum Gasteiger partial charge on any atom is 0.220 e. The van der Waals surface area contributed by atoms with Crippen LogP contribution < -0.4 is 5.32 Å². The van der Waals surface area contributed by atoms with Crippen LogP contribution in [0.1, 0.15) is 57.8 Å². The summed E-state index contributed by atoms with van der Waals surface area (Å²) in [6.07, 6.45) is 10.5. The Morgan fingerprint density at radius 2 is 1.94 bits per heavy atom. The summed E-state index contributed by atoms with van der Waals surface area (Å²) in [6.45, 7) is 0.892. The zero-order chi connectivity index (χ0) is 12.1. The zero-order valence-electron chi connectivity index (χ0n) is 10.7. The summed E-state index contributed by atoms with van der Waals surface area (Å²) in [6, 6.07) is 0. The van der Waals surface area contributed by atoms with E-state index in [0.29, 0.717) is 13.0 Å². The number of aliphatic hydroxyl groups is 1. The van der Waals surface area contributed by atoms with Gasteiger partial charge < -0.3 is 10.4 Å². The second-order valence-electron chi connectivity index (χ2n) is 5.98. The second kappa shape index (κ2) is 5.85. The predicted octanol–water partition coefficient (Wildman–Crippen LogP) is 2.24. The summed E-state index contributed by atoms with van der Waals surface area (Å²) < 4.78 is 0. The number of carbonyl (C=O) groups is 1. The molecule has 2 rings (SSSR count). The Kier molecular flexibility index (Phi) is 4.43. The molecular weight excluding hydrogens is 214 g/mol. The van der Waals surface area contributed by atoms with Crippen molar-refractivity contribution < 1.29 is 9.90 Å². The Morgan fingerprint density at radius 1 is 1.24 bits per heavy atom. The van der Waals surface area contributed by atoms with Gasteiger partial charge in [0, 0.05) is 18.4 Å². The highest BCUT2D eigenvalue weighted by Gasteiger charge is 2.41. The highest BCUT2D eigenvalue weighted by atomic mass is 16.3. The van der Waals surface area contributed by atoms with Crippen LogP contribution in [0.2, 0.25) is 0 Å². The fraction of sp³-hybridized carbons (Fsp3) is 0.929. The predicted molar refractivity (Wildman–Crippen MR) is 67.6 cm³/mol. The van der Waals surface area contributed by atoms with Crippen LogP contribution in [0.25, 0.3) is 0 Å². The van der Waals surface area contributed by atoms with Gasteiger partial charge in [-0.15, -0.1) is 0 Å². The van der Waals surface area contributed by atoms with E-state index in [2.05, 4.69) is 5.32 Å². The Balaban J connectivity index is 1.57. The molecule has 2 N–H and O–H groups in total. The van der Waals surface area contributed by atoms with Crippen molar-refractivity contribution in [2.75, 3.05) is 13.2 Å². The van der Waals surface area contributed by atoms with Crippen molar-refractivity contribution in [1.82, 2.24) is 5.32 Å². The third kappa shape index (κ3) is 3.98. The lowest BCUT2D eigenvalue weighted by molar-refractivity contribution is -0.121. The van der Waals surface area contributed by atoms with Crippen LogP contribution in [0.15, 0.2) is 0 Å². The summed E-state index contributed by atoms with van der Waals surface area (Å²) >= 11 is 0. The molecule has 98 valence electrons. The topological polar surface area (TPSA) is 49.3 Å². The van der Waals surface area contributed by atoms with Crippen LogP contribution in [0.4, 0.5) is 0 Å². The van der Waals surface area contributed by atoms with Crippen LogP contribution in [-0.4, -0.2) is 24.2 Å². The molecule has 0 aliphatic heterocycles. The molecular formula is C14H25NO2. The number of amides is 1. The quantitative estimate of drug-likeness (QED) is 0.747. The molecule has 0 heterocycles. The normalized spacial score (nSPS) is 23.4. The maximum atomic E-state index is 11.7. The lowest BCUT2D eigenvalue weighted by atomic mass is 9.86. The lowest BCUT2D eigenvalue weighted by Gasteiger charge is -2.21. The van der Waals surface area contributed by atoms with Crippen molar-refractivity contribution in [3.05, 3.63) is 0 Å². The molecule has 0 saturated heterocycles. The van der Waals surface area contributed by atoms with E-state index >= 15 is 0 Å². The zero-order valence-corrected chi connectivity index (χ0v) is 10.7. The number of carbonyl (C=O) groups excluding carboxylic acids is 1. The molecule has 0 aromatic heterocycles. The monoisotopic (exact) mass is 239 g/mol. The SMILES string of the molecule is O=C(CCC1CCCCC1)NCC1(CO)CC1. The van der Waals surface area contributed by atoms with Crippen LogP contribution in [-0.2, 0) is 4.79 Å². The van der Waals surface area contributed by atoms with E-state index in [1.54, 1.807) is 0 Å². The fourth-order valence-corrected chi connectivity index (χ4v) is 2.75. The largest absolute Gasteiger partial charge is 0.396 e. The van der Waals surface area contributed by atoms with Gasteiger partial charge in [-0.1, -0.05) is 32.1 Å². The average Bonchev–Trinajstić information content (AvgIpc) is 3.16. The van der Waals surface area contributed by atoms with E-state index in [1.807, 2.05) is 0 Å². The molecule has 0 aromatic carbocycles. The summed E-state index contributed by atoms with van der Waals surface area (Å²) in [5.41, 5.74) is 0.0422. The van der Waals surface area contributed by atoms with Gasteiger partial charge in [0.15, 0.2) is 0 Å². The van der Waals surface area contributed by atoms with Crippen LogP contribution in [0, 0.1) is 11.3 Å². The number of rotatable bonds is 6. The number of hydrogen-bond donors (Lipinski definition) is 2. The van der Waals surface area contributed by atoms with Gasteiger partial charge in [0.05, 0.1) is 6.61 Å². The number of nitrogens with one attached hydrogen (secondary N) is 1. The molecule has 0 atom stereocenters. The van der Waals surface area contributed by atoms with Gasteiger partial charge in [-0.3, -0.25) is 4.79 Å². The van der Waals surface area contributed by atoms with E-state index in [-0.39, 0.29) is 17.9 Å². The first-order valence-corrected chi connectivity index (χ1v) is 7.12. The van der Waals surface area contributed by atoms with E-state index in [1.165, 1.54) is 32.1 Å². The van der Waals surface area contributed by atoms with Crippen molar-refractivity contribution in [3.63, 3.8) is 0 Å². The maximum absolute atomic E-state index is 11.7. The van der Waals surface area contributed by atoms with Crippen LogP contribution in [0.3, 0.4) is 0 Å². The minimum atomic E-state index is 0.0422. The second-order valence-corrected chi connectivity index (χ2v) is 5.98. The Morgan fingerprint density at radius 3 is 2.53 bits per heavy atom. The minimum Gasteiger partial charge on any atom is -0.396 e. The number of aliphatic hydroxyl groups excluding tert-OH is 1. The van der Waals surface area contributed by atoms with E-state index in [9.17, 15) is 4.79 Å². The molecule has 0 bridgehead atoms.